The molecule has 2 N–H and O–H groups in total. The highest BCUT2D eigenvalue weighted by Gasteiger charge is 1.93. The maximum absolute atomic E-state index is 8.04. The smallest absolute Gasteiger partial charge is 0.0638 e. The van der Waals surface area contributed by atoms with Gasteiger partial charge in [0.05, 0.1) is 12.5 Å². The summed E-state index contributed by atoms with van der Waals surface area (Å²) in [5.74, 6) is 0. The lowest BCUT2D eigenvalue weighted by Crippen LogP contribution is -3.00. The second kappa shape index (κ2) is 6.38. The topological polar surface area (TPSA) is 49.8 Å². The lowest BCUT2D eigenvalue weighted by Gasteiger charge is -1.97. The van der Waals surface area contributed by atoms with Gasteiger partial charge in [-0.25, -0.2) is 0 Å². The van der Waals surface area contributed by atoms with Crippen LogP contribution in [0.5, 0.6) is 0 Å². The molecule has 0 fully saturated rings. The van der Waals surface area contributed by atoms with Crippen LogP contribution in [0.4, 0.5) is 0 Å². The molecule has 0 aromatic heterocycles. The minimum absolute atomic E-state index is 0. The number of hydrogen-bond donors (Lipinski definition) is 1. The molecule has 0 heterocycles. The molecule has 0 radical (unpaired) electrons. The molecule has 0 rings (SSSR count). The van der Waals surface area contributed by atoms with E-state index < -0.39 is 0 Å². The lowest BCUT2D eigenvalue weighted by molar-refractivity contribution is -0.00000202. The van der Waals surface area contributed by atoms with E-state index in [1.807, 2.05) is 13.0 Å². The number of nitrogens with two attached hydrogens (primary N) is 1. The molecule has 0 saturated heterocycles. The number of nitriles is 1. The molecule has 3 heteroatoms. The summed E-state index contributed by atoms with van der Waals surface area (Å²) in [7, 11) is 0. The summed E-state index contributed by atoms with van der Waals surface area (Å²) in [4.78, 5) is 0. The fourth-order valence-electron chi connectivity index (χ4n) is 0.262. The first-order chi connectivity index (χ1) is 3.31. The van der Waals surface area contributed by atoms with Crippen LogP contribution in [0, 0.1) is 11.3 Å². The molecule has 8 heavy (non-hydrogen) atoms. The number of hydrogen-bond acceptors (Lipinski definition) is 2. The second-order valence-electron chi connectivity index (χ2n) is 1.53. The summed E-state index contributed by atoms with van der Waals surface area (Å²) in [6.07, 6.45) is 1.38. The van der Waals surface area contributed by atoms with Crippen LogP contribution in [0.25, 0.3) is 0 Å². The normalized spacial score (nSPS) is 11.1. The molecular weight excluding hydrogens is 107 g/mol. The van der Waals surface area contributed by atoms with Crippen LogP contribution in [-0.4, -0.2) is 6.04 Å². The van der Waals surface area contributed by atoms with E-state index in [0.29, 0.717) is 6.42 Å². The Labute approximate surface area is 48.7 Å². The molecule has 2 nitrogen and oxygen atoms in total. The number of halogens is 1. The zero-order valence-electron chi connectivity index (χ0n) is 4.89. The van der Waals surface area contributed by atoms with Crippen LogP contribution in [0.15, 0.2) is 0 Å². The van der Waals surface area contributed by atoms with E-state index in [9.17, 15) is 0 Å². The van der Waals surface area contributed by atoms with Gasteiger partial charge in [0, 0.05) is 6.04 Å². The molecule has 0 aromatic carbocycles. The summed E-state index contributed by atoms with van der Waals surface area (Å²) in [5.41, 5.74) is 5.36. The maximum Gasteiger partial charge on any atom is 0.0638 e. The van der Waals surface area contributed by atoms with Gasteiger partial charge >= 0.3 is 0 Å². The summed E-state index contributed by atoms with van der Waals surface area (Å²) in [6.45, 7) is 1.97. The second-order valence-corrected chi connectivity index (χ2v) is 1.53. The Morgan fingerprint density at radius 3 is 2.38 bits per heavy atom. The SMILES string of the molecule is CCC(N)CC#N.[F-]. The van der Waals surface area contributed by atoms with Crippen LogP contribution in [-0.2, 0) is 0 Å². The molecule has 0 spiro atoms. The van der Waals surface area contributed by atoms with Crippen molar-refractivity contribution in [2.75, 3.05) is 0 Å². The van der Waals surface area contributed by atoms with Gasteiger partial charge in [-0.05, 0) is 6.42 Å². The van der Waals surface area contributed by atoms with E-state index in [2.05, 4.69) is 0 Å². The highest BCUT2D eigenvalue weighted by Crippen LogP contribution is 1.88. The third-order valence-corrected chi connectivity index (χ3v) is 0.878. The average molecular weight is 117 g/mol. The molecule has 0 aromatic rings. The van der Waals surface area contributed by atoms with Crippen molar-refractivity contribution in [3.63, 3.8) is 0 Å². The minimum Gasteiger partial charge on any atom is -1.00 e. The predicted molar refractivity (Wildman–Crippen MR) is 28.5 cm³/mol. The summed E-state index contributed by atoms with van der Waals surface area (Å²) < 4.78 is 0. The van der Waals surface area contributed by atoms with Gasteiger partial charge in [0.25, 0.3) is 0 Å². The molecule has 0 bridgehead atoms. The van der Waals surface area contributed by atoms with E-state index in [4.69, 9.17) is 11.0 Å². The average Bonchev–Trinajstić information content (AvgIpc) is 1.68. The van der Waals surface area contributed by atoms with Crippen LogP contribution in [0.2, 0.25) is 0 Å². The summed E-state index contributed by atoms with van der Waals surface area (Å²) in [5, 5.41) is 8.04. The zero-order chi connectivity index (χ0) is 5.70. The van der Waals surface area contributed by atoms with Gasteiger partial charge in [-0.3, -0.25) is 0 Å². The monoisotopic (exact) mass is 117 g/mol. The molecular formula is C5H10FN2-. The van der Waals surface area contributed by atoms with Gasteiger partial charge < -0.3 is 10.4 Å². The Morgan fingerprint density at radius 2 is 2.25 bits per heavy atom. The number of rotatable bonds is 2. The summed E-state index contributed by atoms with van der Waals surface area (Å²) in [6, 6.07) is 2.08. The molecule has 48 valence electrons. The first kappa shape index (κ1) is 10.4. The Hall–Kier alpha value is -0.620. The first-order valence-corrected chi connectivity index (χ1v) is 2.43. The van der Waals surface area contributed by atoms with Gasteiger partial charge in [0.1, 0.15) is 0 Å². The van der Waals surface area contributed by atoms with Crippen molar-refractivity contribution in [2.45, 2.75) is 25.8 Å². The number of nitrogens with zero attached hydrogens (tertiary/aromatic N) is 1. The fraction of sp³-hybridized carbons (Fsp3) is 0.800. The van der Waals surface area contributed by atoms with E-state index in [1.165, 1.54) is 0 Å². The molecule has 0 aliphatic rings. The van der Waals surface area contributed by atoms with Gasteiger partial charge in [-0.1, -0.05) is 6.92 Å². The first-order valence-electron chi connectivity index (χ1n) is 2.43. The minimum atomic E-state index is 0. The van der Waals surface area contributed by atoms with Crippen LogP contribution < -0.4 is 10.4 Å². The van der Waals surface area contributed by atoms with Crippen molar-refractivity contribution in [2.24, 2.45) is 5.73 Å². The summed E-state index contributed by atoms with van der Waals surface area (Å²) >= 11 is 0. The maximum atomic E-state index is 8.04. The van der Waals surface area contributed by atoms with Crippen LogP contribution in [0.1, 0.15) is 19.8 Å². The Kier molecular flexibility index (Phi) is 8.28. The Morgan fingerprint density at radius 1 is 1.75 bits per heavy atom. The zero-order valence-corrected chi connectivity index (χ0v) is 4.89. The highest BCUT2D eigenvalue weighted by atomic mass is 19.0. The van der Waals surface area contributed by atoms with Crippen molar-refractivity contribution < 1.29 is 4.70 Å². The van der Waals surface area contributed by atoms with Crippen molar-refractivity contribution in [1.29, 1.82) is 5.26 Å². The molecule has 0 aliphatic heterocycles. The van der Waals surface area contributed by atoms with Crippen molar-refractivity contribution in [3.05, 3.63) is 0 Å². The van der Waals surface area contributed by atoms with Crippen LogP contribution >= 0.6 is 0 Å². The van der Waals surface area contributed by atoms with Crippen molar-refractivity contribution in [3.8, 4) is 6.07 Å². The highest BCUT2D eigenvalue weighted by molar-refractivity contribution is 4.76. The molecule has 0 amide bonds. The Bertz CT molecular complexity index is 77.0. The van der Waals surface area contributed by atoms with Crippen molar-refractivity contribution >= 4 is 0 Å². The van der Waals surface area contributed by atoms with E-state index >= 15 is 0 Å². The third-order valence-electron chi connectivity index (χ3n) is 0.878. The third kappa shape index (κ3) is 5.38. The van der Waals surface area contributed by atoms with Gasteiger partial charge in [0.2, 0.25) is 0 Å². The molecule has 0 aliphatic carbocycles. The van der Waals surface area contributed by atoms with Crippen LogP contribution in [0.3, 0.4) is 0 Å². The van der Waals surface area contributed by atoms with Gasteiger partial charge in [0.15, 0.2) is 0 Å². The predicted octanol–water partition coefficient (Wildman–Crippen LogP) is -2.36. The quantitative estimate of drug-likeness (QED) is 0.440. The van der Waals surface area contributed by atoms with Crippen molar-refractivity contribution in [1.82, 2.24) is 0 Å². The molecule has 1 unspecified atom stereocenters. The standard InChI is InChI=1S/C5H10N2.FH/c1-2-5(7)3-4-6;/h5H,2-3,7H2,1H3;1H/p-1. The van der Waals surface area contributed by atoms with E-state index in [-0.39, 0.29) is 10.7 Å². The lowest BCUT2D eigenvalue weighted by atomic mass is 10.2. The Balaban J connectivity index is 0. The van der Waals surface area contributed by atoms with E-state index in [0.717, 1.165) is 6.42 Å². The fourth-order valence-corrected chi connectivity index (χ4v) is 0.262. The van der Waals surface area contributed by atoms with Gasteiger partial charge in [-0.15, -0.1) is 0 Å². The molecule has 0 saturated carbocycles. The largest absolute Gasteiger partial charge is 1.00 e. The van der Waals surface area contributed by atoms with Gasteiger partial charge in [-0.2, -0.15) is 5.26 Å². The molecule has 1 atom stereocenters. The van der Waals surface area contributed by atoms with E-state index in [1.54, 1.807) is 0 Å².